The van der Waals surface area contributed by atoms with E-state index in [0.717, 1.165) is 11.5 Å². The number of hydrogen-bond donors (Lipinski definition) is 1. The predicted molar refractivity (Wildman–Crippen MR) is 85.4 cm³/mol. The third-order valence-corrected chi connectivity index (χ3v) is 5.40. The van der Waals surface area contributed by atoms with Crippen LogP contribution >= 0.6 is 11.3 Å². The Morgan fingerprint density at radius 2 is 2.25 bits per heavy atom. The Labute approximate surface area is 125 Å². The van der Waals surface area contributed by atoms with Crippen LogP contribution in [0.1, 0.15) is 55.8 Å². The maximum Gasteiger partial charge on any atom is 0.194 e. The molecule has 0 radical (unpaired) electrons. The molecule has 0 spiro atoms. The number of rotatable bonds is 3. The van der Waals surface area contributed by atoms with Crippen LogP contribution in [0.3, 0.4) is 0 Å². The number of thiazole rings is 1. The Morgan fingerprint density at radius 1 is 1.45 bits per heavy atom. The van der Waals surface area contributed by atoms with Gasteiger partial charge in [-0.25, -0.2) is 4.98 Å². The minimum absolute atomic E-state index is 0.497. The Kier molecular flexibility index (Phi) is 3.63. The maximum absolute atomic E-state index is 4.67. The van der Waals surface area contributed by atoms with Crippen molar-refractivity contribution in [2.75, 3.05) is 0 Å². The molecule has 1 fully saturated rings. The van der Waals surface area contributed by atoms with Crippen LogP contribution in [0.5, 0.6) is 0 Å². The molecule has 4 heteroatoms. The van der Waals surface area contributed by atoms with E-state index in [-0.39, 0.29) is 0 Å². The zero-order valence-electron chi connectivity index (χ0n) is 13.0. The minimum Gasteiger partial charge on any atom is -0.308 e. The number of aryl methyl sites for hydroxylation is 2. The summed E-state index contributed by atoms with van der Waals surface area (Å²) in [6.07, 6.45) is 7.53. The predicted octanol–water partition coefficient (Wildman–Crippen LogP) is 4.07. The van der Waals surface area contributed by atoms with E-state index < -0.39 is 0 Å². The summed E-state index contributed by atoms with van der Waals surface area (Å²) >= 11 is 1.77. The van der Waals surface area contributed by atoms with Crippen LogP contribution in [0.25, 0.3) is 4.96 Å². The van der Waals surface area contributed by atoms with Crippen molar-refractivity contribution in [2.24, 2.45) is 5.41 Å². The summed E-state index contributed by atoms with van der Waals surface area (Å²) in [5.74, 6) is 0. The molecule has 110 valence electrons. The standard InChI is InChI=1S/C16H25N3S/c1-11-10-19-14(12(2)18-15(19)20-11)9-17-13-6-5-7-16(3,4)8-13/h10,13,17H,5-9H2,1-4H3. The summed E-state index contributed by atoms with van der Waals surface area (Å²) < 4.78 is 2.26. The van der Waals surface area contributed by atoms with Gasteiger partial charge in [0.25, 0.3) is 0 Å². The smallest absolute Gasteiger partial charge is 0.194 e. The second-order valence-corrected chi connectivity index (χ2v) is 8.19. The summed E-state index contributed by atoms with van der Waals surface area (Å²) in [4.78, 5) is 7.12. The zero-order chi connectivity index (χ0) is 14.3. The Bertz CT molecular complexity index is 609. The Hall–Kier alpha value is -0.870. The van der Waals surface area contributed by atoms with Crippen LogP contribution in [0.2, 0.25) is 0 Å². The molecule has 1 saturated carbocycles. The van der Waals surface area contributed by atoms with Gasteiger partial charge in [-0.3, -0.25) is 4.40 Å². The van der Waals surface area contributed by atoms with Gasteiger partial charge in [-0.05, 0) is 38.5 Å². The topological polar surface area (TPSA) is 29.3 Å². The van der Waals surface area contributed by atoms with E-state index >= 15 is 0 Å². The number of hydrogen-bond acceptors (Lipinski definition) is 3. The molecule has 1 aliphatic carbocycles. The molecule has 0 aromatic carbocycles. The van der Waals surface area contributed by atoms with Crippen LogP contribution in [0.4, 0.5) is 0 Å². The molecule has 1 atom stereocenters. The number of imidazole rings is 1. The molecule has 2 aromatic heterocycles. The van der Waals surface area contributed by atoms with E-state index in [0.29, 0.717) is 11.5 Å². The van der Waals surface area contributed by atoms with Gasteiger partial charge in [0, 0.05) is 23.7 Å². The lowest BCUT2D eigenvalue weighted by molar-refractivity contribution is 0.197. The van der Waals surface area contributed by atoms with Gasteiger partial charge in [-0.2, -0.15) is 0 Å². The molecular weight excluding hydrogens is 266 g/mol. The van der Waals surface area contributed by atoms with Gasteiger partial charge in [0.15, 0.2) is 4.96 Å². The van der Waals surface area contributed by atoms with Crippen LogP contribution < -0.4 is 5.32 Å². The van der Waals surface area contributed by atoms with Gasteiger partial charge in [-0.1, -0.05) is 20.3 Å². The van der Waals surface area contributed by atoms with Crippen molar-refractivity contribution in [3.05, 3.63) is 22.5 Å². The average molecular weight is 291 g/mol. The molecule has 1 N–H and O–H groups in total. The SMILES string of the molecule is Cc1cn2c(CNC3CCCC(C)(C)C3)c(C)nc2s1. The third-order valence-electron chi connectivity index (χ3n) is 4.50. The monoisotopic (exact) mass is 291 g/mol. The fraction of sp³-hybridized carbons (Fsp3) is 0.688. The first-order valence-corrected chi connectivity index (χ1v) is 8.44. The van der Waals surface area contributed by atoms with Gasteiger partial charge >= 0.3 is 0 Å². The van der Waals surface area contributed by atoms with E-state index in [9.17, 15) is 0 Å². The number of fused-ring (bicyclic) bond motifs is 1. The summed E-state index contributed by atoms with van der Waals surface area (Å²) in [5.41, 5.74) is 2.99. The lowest BCUT2D eigenvalue weighted by Gasteiger charge is -2.35. The van der Waals surface area contributed by atoms with Crippen molar-refractivity contribution in [1.29, 1.82) is 0 Å². The molecular formula is C16H25N3S. The van der Waals surface area contributed by atoms with Crippen molar-refractivity contribution in [3.8, 4) is 0 Å². The zero-order valence-corrected chi connectivity index (χ0v) is 13.8. The Morgan fingerprint density at radius 3 is 3.00 bits per heavy atom. The van der Waals surface area contributed by atoms with E-state index in [1.165, 1.54) is 41.9 Å². The third kappa shape index (κ3) is 2.77. The van der Waals surface area contributed by atoms with Crippen LogP contribution in [0, 0.1) is 19.3 Å². The molecule has 3 nitrogen and oxygen atoms in total. The van der Waals surface area contributed by atoms with Gasteiger partial charge in [0.1, 0.15) is 0 Å². The van der Waals surface area contributed by atoms with Crippen molar-refractivity contribution < 1.29 is 0 Å². The summed E-state index contributed by atoms with van der Waals surface area (Å²) in [7, 11) is 0. The van der Waals surface area contributed by atoms with E-state index in [1.807, 2.05) is 0 Å². The highest BCUT2D eigenvalue weighted by molar-refractivity contribution is 7.17. The van der Waals surface area contributed by atoms with Crippen molar-refractivity contribution in [3.63, 3.8) is 0 Å². The average Bonchev–Trinajstić information content (AvgIpc) is 2.81. The van der Waals surface area contributed by atoms with Crippen LogP contribution in [-0.4, -0.2) is 15.4 Å². The van der Waals surface area contributed by atoms with Gasteiger partial charge < -0.3 is 5.32 Å². The Balaban J connectivity index is 1.72. The largest absolute Gasteiger partial charge is 0.308 e. The highest BCUT2D eigenvalue weighted by atomic mass is 32.1. The molecule has 0 bridgehead atoms. The quantitative estimate of drug-likeness (QED) is 0.923. The van der Waals surface area contributed by atoms with Gasteiger partial charge in [-0.15, -0.1) is 11.3 Å². The highest BCUT2D eigenvalue weighted by Crippen LogP contribution is 2.35. The fourth-order valence-corrected chi connectivity index (χ4v) is 4.33. The lowest BCUT2D eigenvalue weighted by Crippen LogP contribution is -2.37. The minimum atomic E-state index is 0.497. The van der Waals surface area contributed by atoms with Crippen molar-refractivity contribution in [1.82, 2.24) is 14.7 Å². The molecule has 0 saturated heterocycles. The molecule has 20 heavy (non-hydrogen) atoms. The molecule has 1 unspecified atom stereocenters. The molecule has 3 rings (SSSR count). The number of nitrogens with zero attached hydrogens (tertiary/aromatic N) is 2. The summed E-state index contributed by atoms with van der Waals surface area (Å²) in [6, 6.07) is 0.656. The van der Waals surface area contributed by atoms with E-state index in [4.69, 9.17) is 0 Å². The van der Waals surface area contributed by atoms with Crippen molar-refractivity contribution in [2.45, 2.75) is 66.0 Å². The summed E-state index contributed by atoms with van der Waals surface area (Å²) in [5, 5.41) is 3.77. The molecule has 0 amide bonds. The van der Waals surface area contributed by atoms with Gasteiger partial charge in [0.2, 0.25) is 0 Å². The first-order chi connectivity index (χ1) is 9.44. The molecule has 0 aliphatic heterocycles. The molecule has 2 aromatic rings. The first kappa shape index (κ1) is 14.1. The summed E-state index contributed by atoms with van der Waals surface area (Å²) in [6.45, 7) is 9.99. The van der Waals surface area contributed by atoms with Crippen molar-refractivity contribution >= 4 is 16.3 Å². The first-order valence-electron chi connectivity index (χ1n) is 7.62. The number of aromatic nitrogens is 2. The highest BCUT2D eigenvalue weighted by Gasteiger charge is 2.27. The van der Waals surface area contributed by atoms with Crippen LogP contribution in [0.15, 0.2) is 6.20 Å². The van der Waals surface area contributed by atoms with Crippen LogP contribution in [-0.2, 0) is 6.54 Å². The fourth-order valence-electron chi connectivity index (χ4n) is 3.44. The number of nitrogens with one attached hydrogen (secondary N) is 1. The van der Waals surface area contributed by atoms with E-state index in [1.54, 1.807) is 11.3 Å². The molecule has 2 heterocycles. The van der Waals surface area contributed by atoms with E-state index in [2.05, 4.69) is 48.6 Å². The second-order valence-electron chi connectivity index (χ2n) is 6.98. The lowest BCUT2D eigenvalue weighted by atomic mass is 9.75. The normalized spacial score (nSPS) is 22.5. The van der Waals surface area contributed by atoms with Gasteiger partial charge in [0.05, 0.1) is 11.4 Å². The molecule has 1 aliphatic rings. The second kappa shape index (κ2) is 5.15. The maximum atomic E-state index is 4.67.